The first-order valence-electron chi connectivity index (χ1n) is 8.86. The van der Waals surface area contributed by atoms with Gasteiger partial charge in [0.15, 0.2) is 5.96 Å². The standard InChI is InChI=1S/C18H29N5O2/c1-4-19-17(24)14-21-18(20-5-2)23-12-10-22(11-13-23)15-6-8-16(25-3)9-7-15/h6-9H,4-5,10-14H2,1-3H3,(H,19,24)(H,20,21). The second kappa shape index (κ2) is 9.76. The van der Waals surface area contributed by atoms with Gasteiger partial charge in [-0.15, -0.1) is 0 Å². The van der Waals surface area contributed by atoms with Gasteiger partial charge in [-0.1, -0.05) is 0 Å². The first kappa shape index (κ1) is 18.9. The van der Waals surface area contributed by atoms with Gasteiger partial charge >= 0.3 is 0 Å². The van der Waals surface area contributed by atoms with E-state index in [9.17, 15) is 4.79 Å². The second-order valence-electron chi connectivity index (χ2n) is 5.80. The van der Waals surface area contributed by atoms with Gasteiger partial charge in [0.05, 0.1) is 7.11 Å². The molecule has 0 aliphatic carbocycles. The van der Waals surface area contributed by atoms with Crippen LogP contribution in [0.2, 0.25) is 0 Å². The lowest BCUT2D eigenvalue weighted by molar-refractivity contribution is -0.119. The lowest BCUT2D eigenvalue weighted by Gasteiger charge is -2.37. The Morgan fingerprint density at radius 1 is 1.08 bits per heavy atom. The maximum absolute atomic E-state index is 11.6. The van der Waals surface area contributed by atoms with Crippen LogP contribution in [0.1, 0.15) is 13.8 Å². The minimum atomic E-state index is -0.0465. The molecule has 7 heteroatoms. The maximum Gasteiger partial charge on any atom is 0.241 e. The molecule has 0 unspecified atom stereocenters. The van der Waals surface area contributed by atoms with E-state index in [1.807, 2.05) is 26.0 Å². The summed E-state index contributed by atoms with van der Waals surface area (Å²) in [5, 5.41) is 6.05. The minimum absolute atomic E-state index is 0.0465. The molecule has 1 aliphatic heterocycles. The number of carbonyl (C=O) groups is 1. The maximum atomic E-state index is 11.6. The molecule has 0 atom stereocenters. The van der Waals surface area contributed by atoms with E-state index in [0.717, 1.165) is 44.4 Å². The van der Waals surface area contributed by atoms with Crippen LogP contribution in [0.15, 0.2) is 29.3 Å². The van der Waals surface area contributed by atoms with Crippen molar-refractivity contribution >= 4 is 17.6 Å². The number of aliphatic imine (C=N–C) groups is 1. The van der Waals surface area contributed by atoms with Crippen LogP contribution in [0.3, 0.4) is 0 Å². The van der Waals surface area contributed by atoms with E-state index in [-0.39, 0.29) is 12.5 Å². The number of rotatable bonds is 6. The topological polar surface area (TPSA) is 69.2 Å². The van der Waals surface area contributed by atoms with Crippen molar-refractivity contribution in [1.82, 2.24) is 15.5 Å². The molecule has 1 aromatic carbocycles. The normalized spacial score (nSPS) is 15.1. The Balaban J connectivity index is 1.93. The molecule has 0 bridgehead atoms. The molecule has 138 valence electrons. The molecule has 1 aliphatic rings. The molecule has 0 spiro atoms. The van der Waals surface area contributed by atoms with Crippen LogP contribution < -0.4 is 20.3 Å². The fraction of sp³-hybridized carbons (Fsp3) is 0.556. The lowest BCUT2D eigenvalue weighted by Crippen LogP contribution is -2.52. The second-order valence-corrected chi connectivity index (χ2v) is 5.80. The summed E-state index contributed by atoms with van der Waals surface area (Å²) in [5.41, 5.74) is 1.20. The van der Waals surface area contributed by atoms with Gasteiger partial charge in [-0.2, -0.15) is 0 Å². The highest BCUT2D eigenvalue weighted by Gasteiger charge is 2.20. The first-order chi connectivity index (χ1) is 12.2. The van der Waals surface area contributed by atoms with Gasteiger partial charge < -0.3 is 25.2 Å². The number of nitrogens with zero attached hydrogens (tertiary/aromatic N) is 3. The zero-order chi connectivity index (χ0) is 18.1. The predicted molar refractivity (Wildman–Crippen MR) is 101 cm³/mol. The van der Waals surface area contributed by atoms with Crippen molar-refractivity contribution in [2.75, 3.05) is 57.8 Å². The van der Waals surface area contributed by atoms with E-state index in [1.165, 1.54) is 5.69 Å². The monoisotopic (exact) mass is 347 g/mol. The van der Waals surface area contributed by atoms with Gasteiger partial charge in [0.25, 0.3) is 0 Å². The van der Waals surface area contributed by atoms with Gasteiger partial charge in [0, 0.05) is 45.0 Å². The number of benzene rings is 1. The number of amides is 1. The fourth-order valence-electron chi connectivity index (χ4n) is 2.80. The SMILES string of the molecule is CCNC(=O)CN=C(NCC)N1CCN(c2ccc(OC)cc2)CC1. The Bertz CT molecular complexity index is 565. The number of piperazine rings is 1. The quantitative estimate of drug-likeness (QED) is 0.592. The average molecular weight is 347 g/mol. The zero-order valence-electron chi connectivity index (χ0n) is 15.4. The van der Waals surface area contributed by atoms with Crippen molar-refractivity contribution in [3.8, 4) is 5.75 Å². The van der Waals surface area contributed by atoms with Crippen LogP contribution in [-0.4, -0.2) is 69.7 Å². The Kier molecular flexibility index (Phi) is 7.37. The first-order valence-corrected chi connectivity index (χ1v) is 8.86. The number of nitrogens with one attached hydrogen (secondary N) is 2. The molecule has 0 saturated carbocycles. The number of ether oxygens (including phenoxy) is 1. The number of guanidine groups is 1. The molecular weight excluding hydrogens is 318 g/mol. The fourth-order valence-corrected chi connectivity index (χ4v) is 2.80. The van der Waals surface area contributed by atoms with Crippen molar-refractivity contribution in [2.45, 2.75) is 13.8 Å². The molecular formula is C18H29N5O2. The average Bonchev–Trinajstić information content (AvgIpc) is 2.65. The number of hydrogen-bond acceptors (Lipinski definition) is 4. The summed E-state index contributed by atoms with van der Waals surface area (Å²) < 4.78 is 5.21. The Morgan fingerprint density at radius 2 is 1.72 bits per heavy atom. The van der Waals surface area contributed by atoms with E-state index >= 15 is 0 Å². The van der Waals surface area contributed by atoms with Crippen LogP contribution >= 0.6 is 0 Å². The summed E-state index contributed by atoms with van der Waals surface area (Å²) in [6, 6.07) is 8.14. The molecule has 2 rings (SSSR count). The van der Waals surface area contributed by atoms with Crippen molar-refractivity contribution in [3.05, 3.63) is 24.3 Å². The summed E-state index contributed by atoms with van der Waals surface area (Å²) in [7, 11) is 1.68. The third-order valence-electron chi connectivity index (χ3n) is 4.10. The highest BCUT2D eigenvalue weighted by Crippen LogP contribution is 2.20. The molecule has 1 aromatic rings. The number of anilines is 1. The van der Waals surface area contributed by atoms with E-state index in [2.05, 4.69) is 37.6 Å². The highest BCUT2D eigenvalue weighted by atomic mass is 16.5. The number of methoxy groups -OCH3 is 1. The summed E-state index contributed by atoms with van der Waals surface area (Å²) in [6.07, 6.45) is 0. The molecule has 7 nitrogen and oxygen atoms in total. The number of hydrogen-bond donors (Lipinski definition) is 2. The molecule has 0 radical (unpaired) electrons. The van der Waals surface area contributed by atoms with Crippen molar-refractivity contribution in [2.24, 2.45) is 4.99 Å². The Hall–Kier alpha value is -2.44. The van der Waals surface area contributed by atoms with Crippen LogP contribution in [0.25, 0.3) is 0 Å². The van der Waals surface area contributed by atoms with E-state index in [4.69, 9.17) is 4.74 Å². The summed E-state index contributed by atoms with van der Waals surface area (Å²) in [4.78, 5) is 20.7. The van der Waals surface area contributed by atoms with Gasteiger partial charge in [0.2, 0.25) is 5.91 Å². The predicted octanol–water partition coefficient (Wildman–Crippen LogP) is 0.919. The third kappa shape index (κ3) is 5.55. The summed E-state index contributed by atoms with van der Waals surface area (Å²) >= 11 is 0. The third-order valence-corrected chi connectivity index (χ3v) is 4.10. The Labute approximate surface area is 150 Å². The molecule has 25 heavy (non-hydrogen) atoms. The largest absolute Gasteiger partial charge is 0.497 e. The van der Waals surface area contributed by atoms with Crippen molar-refractivity contribution in [3.63, 3.8) is 0 Å². The van der Waals surface area contributed by atoms with Crippen molar-refractivity contribution in [1.29, 1.82) is 0 Å². The van der Waals surface area contributed by atoms with E-state index in [0.29, 0.717) is 6.54 Å². The number of likely N-dealkylation sites (N-methyl/N-ethyl adjacent to an activating group) is 1. The smallest absolute Gasteiger partial charge is 0.241 e. The van der Waals surface area contributed by atoms with Crippen LogP contribution in [0.4, 0.5) is 5.69 Å². The zero-order valence-corrected chi connectivity index (χ0v) is 15.4. The van der Waals surface area contributed by atoms with Crippen LogP contribution in [0.5, 0.6) is 5.75 Å². The van der Waals surface area contributed by atoms with Gasteiger partial charge in [-0.3, -0.25) is 4.79 Å². The van der Waals surface area contributed by atoms with Gasteiger partial charge in [0.1, 0.15) is 12.3 Å². The lowest BCUT2D eigenvalue weighted by atomic mass is 10.2. The highest BCUT2D eigenvalue weighted by molar-refractivity contribution is 5.85. The summed E-state index contributed by atoms with van der Waals surface area (Å²) in [5.74, 6) is 1.63. The van der Waals surface area contributed by atoms with Crippen LogP contribution in [0, 0.1) is 0 Å². The Morgan fingerprint density at radius 3 is 2.28 bits per heavy atom. The summed E-state index contributed by atoms with van der Waals surface area (Å²) in [6.45, 7) is 9.09. The van der Waals surface area contributed by atoms with E-state index < -0.39 is 0 Å². The molecule has 1 fully saturated rings. The molecule has 1 saturated heterocycles. The van der Waals surface area contributed by atoms with E-state index in [1.54, 1.807) is 7.11 Å². The minimum Gasteiger partial charge on any atom is -0.497 e. The van der Waals surface area contributed by atoms with Gasteiger partial charge in [-0.05, 0) is 38.1 Å². The molecule has 1 heterocycles. The molecule has 1 amide bonds. The van der Waals surface area contributed by atoms with Crippen molar-refractivity contribution < 1.29 is 9.53 Å². The van der Waals surface area contributed by atoms with Gasteiger partial charge in [-0.25, -0.2) is 4.99 Å². The molecule has 0 aromatic heterocycles. The molecule has 2 N–H and O–H groups in total. The number of carbonyl (C=O) groups excluding carboxylic acids is 1. The van der Waals surface area contributed by atoms with Crippen LogP contribution in [-0.2, 0) is 4.79 Å².